The topological polar surface area (TPSA) is 96.4 Å². The Bertz CT molecular complexity index is 1050. The molecule has 0 aliphatic heterocycles. The number of carbonyl (C=O) groups excluding carboxylic acids is 1. The van der Waals surface area contributed by atoms with E-state index in [0.717, 1.165) is 6.42 Å². The molecule has 31 heavy (non-hydrogen) atoms. The molecule has 3 aromatic rings. The van der Waals surface area contributed by atoms with Crippen LogP contribution in [0.15, 0.2) is 41.1 Å². The number of ether oxygens (including phenoxy) is 2. The van der Waals surface area contributed by atoms with Crippen LogP contribution in [0, 0.1) is 5.82 Å². The third-order valence-corrected chi connectivity index (χ3v) is 4.88. The van der Waals surface area contributed by atoms with Crippen LogP contribution in [0.5, 0.6) is 11.5 Å². The number of carbonyl (C=O) groups is 1. The number of fused-ring (bicyclic) bond motifs is 1. The van der Waals surface area contributed by atoms with Crippen LogP contribution in [0.25, 0.3) is 10.9 Å². The fraction of sp³-hybridized carbons (Fsp3) is 0.286. The van der Waals surface area contributed by atoms with Gasteiger partial charge in [0.15, 0.2) is 11.5 Å². The summed E-state index contributed by atoms with van der Waals surface area (Å²) in [6.45, 7) is 0.412. The van der Waals surface area contributed by atoms with Crippen molar-refractivity contribution in [1.82, 2.24) is 9.97 Å². The minimum atomic E-state index is -1.04. The van der Waals surface area contributed by atoms with Gasteiger partial charge >= 0.3 is 29.6 Å². The average molecular weight is 500 g/mol. The van der Waals surface area contributed by atoms with Crippen molar-refractivity contribution in [1.29, 1.82) is 0 Å². The number of rotatable bonds is 10. The summed E-state index contributed by atoms with van der Waals surface area (Å²) in [5, 5.41) is 14.1. The van der Waals surface area contributed by atoms with E-state index in [1.165, 1.54) is 19.5 Å². The number of hydrogen-bond donors (Lipinski definition) is 1. The normalized spacial score (nSPS) is 10.4. The standard InChI is InChI=1S/C21H21BrFN3O4.Na/c1-29-18-10-14-17(11-19(18)30-8-4-2-3-5-20(27)28)24-12-25-21(14)26-16-7-6-13(22)9-15(16)23;/h6-7,9-12H,2-5,8H2,1H3,(H,27,28)(H,24,25,26);/q;+1/p-1. The minimum absolute atomic E-state index is 0. The number of carboxylic acids is 1. The van der Waals surface area contributed by atoms with Crippen molar-refractivity contribution in [3.8, 4) is 11.5 Å². The molecule has 0 aliphatic carbocycles. The Labute approximate surface area is 209 Å². The van der Waals surface area contributed by atoms with Gasteiger partial charge in [0.2, 0.25) is 0 Å². The molecule has 0 saturated carbocycles. The number of benzene rings is 2. The molecule has 3 rings (SSSR count). The second-order valence-electron chi connectivity index (χ2n) is 6.52. The maximum Gasteiger partial charge on any atom is 1.00 e. The number of halogens is 2. The number of anilines is 2. The largest absolute Gasteiger partial charge is 1.00 e. The summed E-state index contributed by atoms with van der Waals surface area (Å²) < 4.78 is 26.1. The van der Waals surface area contributed by atoms with Gasteiger partial charge in [-0.1, -0.05) is 15.9 Å². The van der Waals surface area contributed by atoms with Gasteiger partial charge in [0.25, 0.3) is 0 Å². The number of methoxy groups -OCH3 is 1. The summed E-state index contributed by atoms with van der Waals surface area (Å²) in [6, 6.07) is 8.18. The number of hydrogen-bond acceptors (Lipinski definition) is 7. The van der Waals surface area contributed by atoms with Crippen LogP contribution in [0.1, 0.15) is 25.7 Å². The van der Waals surface area contributed by atoms with E-state index < -0.39 is 11.8 Å². The van der Waals surface area contributed by atoms with Crippen molar-refractivity contribution >= 4 is 44.3 Å². The number of carboxylic acid groups (broad SMARTS) is 1. The van der Waals surface area contributed by atoms with Crippen molar-refractivity contribution in [2.45, 2.75) is 25.7 Å². The summed E-state index contributed by atoms with van der Waals surface area (Å²) in [5.41, 5.74) is 0.895. The van der Waals surface area contributed by atoms with Crippen LogP contribution in [-0.4, -0.2) is 29.7 Å². The number of aliphatic carboxylic acids is 1. The molecular formula is C21H20BrFN3NaO4. The smallest absolute Gasteiger partial charge is 0.550 e. The summed E-state index contributed by atoms with van der Waals surface area (Å²) in [7, 11) is 1.53. The first-order chi connectivity index (χ1) is 14.5. The third-order valence-electron chi connectivity index (χ3n) is 4.39. The van der Waals surface area contributed by atoms with Crippen molar-refractivity contribution in [2.75, 3.05) is 19.0 Å². The Balaban J connectivity index is 0.00000341. The first-order valence-electron chi connectivity index (χ1n) is 9.35. The van der Waals surface area contributed by atoms with E-state index in [1.54, 1.807) is 24.3 Å². The van der Waals surface area contributed by atoms with Gasteiger partial charge in [0, 0.05) is 21.9 Å². The molecule has 0 amide bonds. The van der Waals surface area contributed by atoms with Crippen LogP contribution in [0.2, 0.25) is 0 Å². The second kappa shape index (κ2) is 12.2. The van der Waals surface area contributed by atoms with E-state index in [1.807, 2.05) is 0 Å². The van der Waals surface area contributed by atoms with Gasteiger partial charge < -0.3 is 24.7 Å². The fourth-order valence-corrected chi connectivity index (χ4v) is 3.22. The zero-order valence-electron chi connectivity index (χ0n) is 17.3. The van der Waals surface area contributed by atoms with E-state index in [2.05, 4.69) is 31.2 Å². The zero-order chi connectivity index (χ0) is 21.5. The molecular weight excluding hydrogens is 480 g/mol. The number of unbranched alkanes of at least 4 members (excludes halogenated alkanes) is 2. The van der Waals surface area contributed by atoms with E-state index in [4.69, 9.17) is 9.47 Å². The molecule has 10 heteroatoms. The monoisotopic (exact) mass is 499 g/mol. The maximum absolute atomic E-state index is 14.2. The SMILES string of the molecule is COc1cc2c(Nc3ccc(Br)cc3F)ncnc2cc1OCCCCCC(=O)[O-].[Na+]. The average Bonchev–Trinajstić information content (AvgIpc) is 2.72. The van der Waals surface area contributed by atoms with E-state index >= 15 is 0 Å². The Hall–Kier alpha value is -1.94. The predicted octanol–water partition coefficient (Wildman–Crippen LogP) is 0.977. The van der Waals surface area contributed by atoms with Crippen LogP contribution in [-0.2, 0) is 4.79 Å². The van der Waals surface area contributed by atoms with Gasteiger partial charge in [-0.15, -0.1) is 0 Å². The molecule has 2 aromatic carbocycles. The number of nitrogens with zero attached hydrogens (tertiary/aromatic N) is 2. The Kier molecular flexibility index (Phi) is 9.95. The molecule has 0 saturated heterocycles. The first kappa shape index (κ1) is 25.3. The van der Waals surface area contributed by atoms with Crippen molar-refractivity contribution < 1.29 is 53.3 Å². The first-order valence-corrected chi connectivity index (χ1v) is 10.1. The van der Waals surface area contributed by atoms with Gasteiger partial charge in [0.1, 0.15) is 18.0 Å². The number of aromatic nitrogens is 2. The molecule has 0 radical (unpaired) electrons. The molecule has 1 aromatic heterocycles. The Morgan fingerprint density at radius 2 is 1.97 bits per heavy atom. The molecule has 7 nitrogen and oxygen atoms in total. The molecule has 158 valence electrons. The second-order valence-corrected chi connectivity index (χ2v) is 7.44. The van der Waals surface area contributed by atoms with Crippen LogP contribution in [0.3, 0.4) is 0 Å². The van der Waals surface area contributed by atoms with Gasteiger partial charge in [-0.25, -0.2) is 14.4 Å². The van der Waals surface area contributed by atoms with Gasteiger partial charge in [0.05, 0.1) is 24.9 Å². The maximum atomic E-state index is 14.2. The molecule has 1 heterocycles. The van der Waals surface area contributed by atoms with E-state index in [0.29, 0.717) is 52.1 Å². The van der Waals surface area contributed by atoms with Gasteiger partial charge in [-0.2, -0.15) is 0 Å². The molecule has 0 bridgehead atoms. The van der Waals surface area contributed by atoms with Crippen LogP contribution < -0.4 is 49.5 Å². The summed E-state index contributed by atoms with van der Waals surface area (Å²) >= 11 is 3.24. The number of nitrogens with one attached hydrogen (secondary N) is 1. The quantitative estimate of drug-likeness (QED) is 0.328. The van der Waals surface area contributed by atoms with Crippen molar-refractivity contribution in [2.24, 2.45) is 0 Å². The molecule has 1 N–H and O–H groups in total. The van der Waals surface area contributed by atoms with Crippen molar-refractivity contribution in [3.63, 3.8) is 0 Å². The van der Waals surface area contributed by atoms with Gasteiger partial charge in [-0.05, 0) is 49.9 Å². The van der Waals surface area contributed by atoms with Gasteiger partial charge in [-0.3, -0.25) is 0 Å². The van der Waals surface area contributed by atoms with Crippen LogP contribution >= 0.6 is 15.9 Å². The molecule has 0 aliphatic rings. The molecule has 0 atom stereocenters. The summed E-state index contributed by atoms with van der Waals surface area (Å²) in [4.78, 5) is 18.9. The van der Waals surface area contributed by atoms with Crippen LogP contribution in [0.4, 0.5) is 15.9 Å². The summed E-state index contributed by atoms with van der Waals surface area (Å²) in [6.07, 6.45) is 3.41. The molecule has 0 unspecified atom stereocenters. The Morgan fingerprint density at radius 3 is 2.68 bits per heavy atom. The minimum Gasteiger partial charge on any atom is -0.550 e. The summed E-state index contributed by atoms with van der Waals surface area (Å²) in [5.74, 6) is -0.00921. The van der Waals surface area contributed by atoms with E-state index in [-0.39, 0.29) is 41.7 Å². The molecule has 0 spiro atoms. The third kappa shape index (κ3) is 7.03. The zero-order valence-corrected chi connectivity index (χ0v) is 20.9. The van der Waals surface area contributed by atoms with Crippen molar-refractivity contribution in [3.05, 3.63) is 46.9 Å². The fourth-order valence-electron chi connectivity index (χ4n) is 2.88. The predicted molar refractivity (Wildman–Crippen MR) is 112 cm³/mol. The Morgan fingerprint density at radius 1 is 1.16 bits per heavy atom. The van der Waals surface area contributed by atoms with E-state index in [9.17, 15) is 14.3 Å². The molecule has 0 fully saturated rings.